The number of carbonyl (C=O) groups excluding carboxylic acids is 1. The number of aryl methyl sites for hydroxylation is 1. The lowest BCUT2D eigenvalue weighted by atomic mass is 9.99. The summed E-state index contributed by atoms with van der Waals surface area (Å²) in [5, 5.41) is 3.10. The Bertz CT molecular complexity index is 728. The summed E-state index contributed by atoms with van der Waals surface area (Å²) in [6.07, 6.45) is 0. The molecule has 0 bridgehead atoms. The highest BCUT2D eigenvalue weighted by atomic mass is 19.2. The fraction of sp³-hybridized carbons (Fsp3) is 0.188. The summed E-state index contributed by atoms with van der Waals surface area (Å²) in [5.74, 6) is -2.33. The van der Waals surface area contributed by atoms with Gasteiger partial charge in [0.1, 0.15) is 6.61 Å². The van der Waals surface area contributed by atoms with Crippen LogP contribution in [0.4, 0.5) is 14.5 Å². The van der Waals surface area contributed by atoms with E-state index in [9.17, 15) is 13.6 Å². The van der Waals surface area contributed by atoms with Crippen molar-refractivity contribution in [2.45, 2.75) is 6.92 Å². The molecule has 0 aliphatic carbocycles. The molecule has 0 amide bonds. The number of halogens is 2. The van der Waals surface area contributed by atoms with Crippen LogP contribution in [0, 0.1) is 18.6 Å². The predicted octanol–water partition coefficient (Wildman–Crippen LogP) is 3.31. The Hall–Kier alpha value is -2.43. The van der Waals surface area contributed by atoms with Gasteiger partial charge in [0, 0.05) is 6.54 Å². The minimum absolute atomic E-state index is 0.164. The molecule has 2 aromatic rings. The van der Waals surface area contributed by atoms with Gasteiger partial charge >= 0.3 is 0 Å². The molecular formula is C16H13F2NO2. The van der Waals surface area contributed by atoms with Gasteiger partial charge in [0.15, 0.2) is 23.2 Å². The largest absolute Gasteiger partial charge is 0.489 e. The minimum Gasteiger partial charge on any atom is -0.489 e. The van der Waals surface area contributed by atoms with E-state index in [1.807, 2.05) is 0 Å². The third-order valence-corrected chi connectivity index (χ3v) is 3.44. The molecule has 1 N–H and O–H groups in total. The Morgan fingerprint density at radius 1 is 1.14 bits per heavy atom. The lowest BCUT2D eigenvalue weighted by Gasteiger charge is -2.21. The fourth-order valence-corrected chi connectivity index (χ4v) is 2.32. The molecule has 1 aliphatic rings. The van der Waals surface area contributed by atoms with Gasteiger partial charge in [-0.1, -0.05) is 12.1 Å². The topological polar surface area (TPSA) is 38.3 Å². The van der Waals surface area contributed by atoms with Crippen LogP contribution >= 0.6 is 0 Å². The van der Waals surface area contributed by atoms with E-state index in [0.29, 0.717) is 24.6 Å². The first-order valence-electron chi connectivity index (χ1n) is 6.58. The SMILES string of the molecule is Cc1ccc(C(=O)c2cccc3c2OCCN3)c(F)c1F. The van der Waals surface area contributed by atoms with Gasteiger partial charge in [-0.2, -0.15) is 0 Å². The number of para-hydroxylation sites is 1. The smallest absolute Gasteiger partial charge is 0.199 e. The number of ketones is 1. The molecule has 0 saturated carbocycles. The summed E-state index contributed by atoms with van der Waals surface area (Å²) in [5.41, 5.74) is 0.777. The van der Waals surface area contributed by atoms with Crippen LogP contribution in [-0.4, -0.2) is 18.9 Å². The zero-order chi connectivity index (χ0) is 15.0. The van der Waals surface area contributed by atoms with Crippen molar-refractivity contribution in [3.63, 3.8) is 0 Å². The van der Waals surface area contributed by atoms with Crippen LogP contribution in [0.5, 0.6) is 5.75 Å². The Kier molecular flexibility index (Phi) is 3.33. The van der Waals surface area contributed by atoms with Crippen LogP contribution < -0.4 is 10.1 Å². The molecule has 1 heterocycles. The molecule has 0 aromatic heterocycles. The molecule has 1 aliphatic heterocycles. The van der Waals surface area contributed by atoms with Gasteiger partial charge < -0.3 is 10.1 Å². The van der Waals surface area contributed by atoms with E-state index >= 15 is 0 Å². The van der Waals surface area contributed by atoms with Crippen molar-refractivity contribution in [1.29, 1.82) is 0 Å². The first-order chi connectivity index (χ1) is 10.1. The van der Waals surface area contributed by atoms with Gasteiger partial charge in [-0.05, 0) is 30.7 Å². The maximum Gasteiger partial charge on any atom is 0.199 e. The van der Waals surface area contributed by atoms with E-state index < -0.39 is 17.4 Å². The molecule has 5 heteroatoms. The van der Waals surface area contributed by atoms with Crippen molar-refractivity contribution < 1.29 is 18.3 Å². The maximum atomic E-state index is 14.0. The van der Waals surface area contributed by atoms with Crippen LogP contribution in [-0.2, 0) is 0 Å². The predicted molar refractivity (Wildman–Crippen MR) is 75.0 cm³/mol. The highest BCUT2D eigenvalue weighted by molar-refractivity contribution is 6.11. The normalized spacial score (nSPS) is 13.1. The number of anilines is 1. The van der Waals surface area contributed by atoms with Crippen molar-refractivity contribution in [1.82, 2.24) is 0 Å². The average Bonchev–Trinajstić information content (AvgIpc) is 2.51. The van der Waals surface area contributed by atoms with E-state index in [0.717, 1.165) is 0 Å². The third kappa shape index (κ3) is 2.24. The second-order valence-electron chi connectivity index (χ2n) is 4.84. The number of benzene rings is 2. The lowest BCUT2D eigenvalue weighted by Crippen LogP contribution is -2.20. The zero-order valence-corrected chi connectivity index (χ0v) is 11.4. The van der Waals surface area contributed by atoms with Crippen molar-refractivity contribution >= 4 is 11.5 Å². The van der Waals surface area contributed by atoms with E-state index in [1.54, 1.807) is 18.2 Å². The standard InChI is InChI=1S/C16H13F2NO2/c1-9-5-6-10(14(18)13(9)17)15(20)11-3-2-4-12-16(11)21-8-7-19-12/h2-6,19H,7-8H2,1H3. The van der Waals surface area contributed by atoms with Crippen molar-refractivity contribution in [2.24, 2.45) is 0 Å². The molecule has 0 fully saturated rings. The van der Waals surface area contributed by atoms with Crippen molar-refractivity contribution in [3.8, 4) is 5.75 Å². The van der Waals surface area contributed by atoms with Crippen LogP contribution in [0.2, 0.25) is 0 Å². The molecule has 0 saturated heterocycles. The van der Waals surface area contributed by atoms with Crippen LogP contribution in [0.1, 0.15) is 21.5 Å². The summed E-state index contributed by atoms with van der Waals surface area (Å²) < 4.78 is 33.1. The van der Waals surface area contributed by atoms with Crippen LogP contribution in [0.3, 0.4) is 0 Å². The highest BCUT2D eigenvalue weighted by Gasteiger charge is 2.24. The monoisotopic (exact) mass is 289 g/mol. The summed E-state index contributed by atoms with van der Waals surface area (Å²) in [6, 6.07) is 7.69. The van der Waals surface area contributed by atoms with Gasteiger partial charge in [0.25, 0.3) is 0 Å². The summed E-state index contributed by atoms with van der Waals surface area (Å²) in [7, 11) is 0. The van der Waals surface area contributed by atoms with Gasteiger partial charge in [0.05, 0.1) is 16.8 Å². The fourth-order valence-electron chi connectivity index (χ4n) is 2.32. The van der Waals surface area contributed by atoms with E-state index in [-0.39, 0.29) is 16.7 Å². The lowest BCUT2D eigenvalue weighted by molar-refractivity contribution is 0.103. The maximum absolute atomic E-state index is 14.0. The molecule has 0 spiro atoms. The summed E-state index contributed by atoms with van der Waals surface area (Å²) in [6.45, 7) is 2.50. The first-order valence-corrected chi connectivity index (χ1v) is 6.58. The molecule has 2 aromatic carbocycles. The first kappa shape index (κ1) is 13.5. The quantitative estimate of drug-likeness (QED) is 0.862. The Morgan fingerprint density at radius 3 is 2.76 bits per heavy atom. The highest BCUT2D eigenvalue weighted by Crippen LogP contribution is 2.33. The number of hydrogen-bond donors (Lipinski definition) is 1. The van der Waals surface area contributed by atoms with E-state index in [1.165, 1.54) is 19.1 Å². The van der Waals surface area contributed by atoms with Crippen LogP contribution in [0.15, 0.2) is 30.3 Å². The summed E-state index contributed by atoms with van der Waals surface area (Å²) >= 11 is 0. The minimum atomic E-state index is -1.12. The van der Waals surface area contributed by atoms with Crippen molar-refractivity contribution in [3.05, 3.63) is 58.7 Å². The molecule has 0 unspecified atom stereocenters. The molecule has 3 rings (SSSR count). The number of fused-ring (bicyclic) bond motifs is 1. The Morgan fingerprint density at radius 2 is 1.95 bits per heavy atom. The number of nitrogens with one attached hydrogen (secondary N) is 1. The second kappa shape index (κ2) is 5.16. The Labute approximate surface area is 120 Å². The van der Waals surface area contributed by atoms with Crippen molar-refractivity contribution in [2.75, 3.05) is 18.5 Å². The molecule has 21 heavy (non-hydrogen) atoms. The zero-order valence-electron chi connectivity index (χ0n) is 11.4. The number of rotatable bonds is 2. The van der Waals surface area contributed by atoms with Gasteiger partial charge in [0.2, 0.25) is 0 Å². The van der Waals surface area contributed by atoms with Crippen LogP contribution in [0.25, 0.3) is 0 Å². The second-order valence-corrected chi connectivity index (χ2v) is 4.84. The molecule has 0 atom stereocenters. The van der Waals surface area contributed by atoms with Gasteiger partial charge in [-0.25, -0.2) is 8.78 Å². The third-order valence-electron chi connectivity index (χ3n) is 3.44. The molecule has 3 nitrogen and oxygen atoms in total. The number of ether oxygens (including phenoxy) is 1. The Balaban J connectivity index is 2.10. The molecular weight excluding hydrogens is 276 g/mol. The van der Waals surface area contributed by atoms with E-state index in [4.69, 9.17) is 4.74 Å². The number of carbonyl (C=O) groups is 1. The number of hydrogen-bond acceptors (Lipinski definition) is 3. The van der Waals surface area contributed by atoms with Gasteiger partial charge in [-0.15, -0.1) is 0 Å². The van der Waals surface area contributed by atoms with E-state index in [2.05, 4.69) is 5.32 Å². The van der Waals surface area contributed by atoms with Gasteiger partial charge in [-0.3, -0.25) is 4.79 Å². The summed E-state index contributed by atoms with van der Waals surface area (Å²) in [4.78, 5) is 12.5. The molecule has 108 valence electrons. The molecule has 0 radical (unpaired) electrons. The average molecular weight is 289 g/mol.